The van der Waals surface area contributed by atoms with Gasteiger partial charge in [0.15, 0.2) is 0 Å². The zero-order valence-corrected chi connectivity index (χ0v) is 11.1. The van der Waals surface area contributed by atoms with Crippen molar-refractivity contribution in [2.24, 2.45) is 5.73 Å². The molecule has 5 heteroatoms. The van der Waals surface area contributed by atoms with Gasteiger partial charge in [-0.3, -0.25) is 9.59 Å². The summed E-state index contributed by atoms with van der Waals surface area (Å²) in [4.78, 5) is 22.6. The topological polar surface area (TPSA) is 72.2 Å². The van der Waals surface area contributed by atoms with E-state index in [1.54, 1.807) is 6.07 Å². The van der Waals surface area contributed by atoms with Crippen LogP contribution in [0, 0.1) is 0 Å². The molecule has 2 amide bonds. The number of carbonyl (C=O) groups excluding carboxylic acids is 2. The Kier molecular flexibility index (Phi) is 5.65. The van der Waals surface area contributed by atoms with Gasteiger partial charge in [0, 0.05) is 12.1 Å². The van der Waals surface area contributed by atoms with Gasteiger partial charge in [-0.1, -0.05) is 31.4 Å². The van der Waals surface area contributed by atoms with Gasteiger partial charge in [-0.05, 0) is 24.6 Å². The van der Waals surface area contributed by atoms with Crippen LogP contribution in [0.2, 0.25) is 5.02 Å². The number of benzene rings is 1. The zero-order valence-electron chi connectivity index (χ0n) is 10.3. The second-order valence-corrected chi connectivity index (χ2v) is 4.47. The first-order valence-electron chi connectivity index (χ1n) is 5.93. The van der Waals surface area contributed by atoms with Crippen LogP contribution in [0.5, 0.6) is 0 Å². The molecule has 0 bridgehead atoms. The largest absolute Gasteiger partial charge is 0.366 e. The third-order valence-corrected chi connectivity index (χ3v) is 2.84. The molecule has 0 aromatic heterocycles. The molecule has 98 valence electrons. The first-order valence-corrected chi connectivity index (χ1v) is 6.31. The molecule has 0 unspecified atom stereocenters. The normalized spacial score (nSPS) is 10.1. The molecule has 1 rings (SSSR count). The number of unbranched alkanes of at least 4 members (excludes halogenated alkanes) is 2. The second kappa shape index (κ2) is 7.01. The molecule has 1 aromatic carbocycles. The molecule has 0 heterocycles. The number of halogens is 1. The summed E-state index contributed by atoms with van der Waals surface area (Å²) in [5, 5.41) is 2.98. The van der Waals surface area contributed by atoms with E-state index in [1.165, 1.54) is 12.1 Å². The summed E-state index contributed by atoms with van der Waals surface area (Å²) in [5.41, 5.74) is 5.96. The molecule has 0 aliphatic rings. The SMILES string of the molecule is CCCCCC(=O)Nc1ccc(C(N)=O)c(Cl)c1. The Morgan fingerprint density at radius 1 is 1.33 bits per heavy atom. The minimum Gasteiger partial charge on any atom is -0.366 e. The van der Waals surface area contributed by atoms with E-state index in [0.29, 0.717) is 12.1 Å². The number of carbonyl (C=O) groups is 2. The van der Waals surface area contributed by atoms with Crippen molar-refractivity contribution < 1.29 is 9.59 Å². The van der Waals surface area contributed by atoms with E-state index >= 15 is 0 Å². The predicted molar refractivity (Wildman–Crippen MR) is 72.7 cm³/mol. The fourth-order valence-corrected chi connectivity index (χ4v) is 1.83. The maximum atomic E-state index is 11.6. The van der Waals surface area contributed by atoms with Crippen LogP contribution in [0.15, 0.2) is 18.2 Å². The van der Waals surface area contributed by atoms with Crippen LogP contribution in [0.4, 0.5) is 5.69 Å². The van der Waals surface area contributed by atoms with E-state index in [9.17, 15) is 9.59 Å². The van der Waals surface area contributed by atoms with Gasteiger partial charge in [0.25, 0.3) is 0 Å². The summed E-state index contributed by atoms with van der Waals surface area (Å²) in [6, 6.07) is 4.65. The molecule has 0 aliphatic heterocycles. The molecule has 0 fully saturated rings. The molecule has 0 radical (unpaired) electrons. The lowest BCUT2D eigenvalue weighted by molar-refractivity contribution is -0.116. The third kappa shape index (κ3) is 4.37. The van der Waals surface area contributed by atoms with E-state index in [0.717, 1.165) is 19.3 Å². The summed E-state index contributed by atoms with van der Waals surface area (Å²) in [5.74, 6) is -0.632. The average molecular weight is 269 g/mol. The Morgan fingerprint density at radius 3 is 2.61 bits per heavy atom. The van der Waals surface area contributed by atoms with Crippen molar-refractivity contribution >= 4 is 29.1 Å². The number of hydrogen-bond donors (Lipinski definition) is 2. The van der Waals surface area contributed by atoms with Gasteiger partial charge in [0.2, 0.25) is 11.8 Å². The minimum atomic E-state index is -0.583. The van der Waals surface area contributed by atoms with E-state index in [2.05, 4.69) is 12.2 Å². The molecule has 3 N–H and O–H groups in total. The fraction of sp³-hybridized carbons (Fsp3) is 0.385. The summed E-state index contributed by atoms with van der Waals surface area (Å²) in [6.07, 6.45) is 3.47. The van der Waals surface area contributed by atoms with Crippen molar-refractivity contribution in [1.29, 1.82) is 0 Å². The average Bonchev–Trinajstić information content (AvgIpc) is 2.28. The highest BCUT2D eigenvalue weighted by Crippen LogP contribution is 2.20. The van der Waals surface area contributed by atoms with E-state index < -0.39 is 5.91 Å². The molecular weight excluding hydrogens is 252 g/mol. The van der Waals surface area contributed by atoms with Crippen molar-refractivity contribution in [1.82, 2.24) is 0 Å². The first-order chi connectivity index (χ1) is 8.54. The van der Waals surface area contributed by atoms with Crippen molar-refractivity contribution in [3.63, 3.8) is 0 Å². The van der Waals surface area contributed by atoms with Gasteiger partial charge >= 0.3 is 0 Å². The van der Waals surface area contributed by atoms with Crippen molar-refractivity contribution in [2.45, 2.75) is 32.6 Å². The van der Waals surface area contributed by atoms with Gasteiger partial charge in [0.1, 0.15) is 0 Å². The molecule has 0 spiro atoms. The lowest BCUT2D eigenvalue weighted by Crippen LogP contribution is -2.13. The Bertz CT molecular complexity index is 447. The summed E-state index contributed by atoms with van der Waals surface area (Å²) < 4.78 is 0. The Morgan fingerprint density at radius 2 is 2.06 bits per heavy atom. The third-order valence-electron chi connectivity index (χ3n) is 2.53. The van der Waals surface area contributed by atoms with Gasteiger partial charge < -0.3 is 11.1 Å². The lowest BCUT2D eigenvalue weighted by Gasteiger charge is -2.07. The number of hydrogen-bond acceptors (Lipinski definition) is 2. The Balaban J connectivity index is 2.60. The number of amides is 2. The molecule has 0 saturated carbocycles. The van der Waals surface area contributed by atoms with Crippen LogP contribution in [-0.2, 0) is 4.79 Å². The van der Waals surface area contributed by atoms with Crippen LogP contribution in [0.1, 0.15) is 43.0 Å². The molecule has 18 heavy (non-hydrogen) atoms. The summed E-state index contributed by atoms with van der Waals surface area (Å²) >= 11 is 5.88. The maximum absolute atomic E-state index is 11.6. The molecule has 1 aromatic rings. The van der Waals surface area contributed by atoms with Crippen LogP contribution >= 0.6 is 11.6 Å². The molecule has 0 aliphatic carbocycles. The number of rotatable bonds is 6. The number of nitrogens with one attached hydrogen (secondary N) is 1. The fourth-order valence-electron chi connectivity index (χ4n) is 1.55. The summed E-state index contributed by atoms with van der Waals surface area (Å²) in [6.45, 7) is 2.08. The van der Waals surface area contributed by atoms with Crippen molar-refractivity contribution in [3.05, 3.63) is 28.8 Å². The monoisotopic (exact) mass is 268 g/mol. The lowest BCUT2D eigenvalue weighted by atomic mass is 10.1. The molecule has 4 nitrogen and oxygen atoms in total. The Hall–Kier alpha value is -1.55. The van der Waals surface area contributed by atoms with E-state index in [-0.39, 0.29) is 16.5 Å². The zero-order chi connectivity index (χ0) is 13.5. The molecular formula is C13H17ClN2O2. The van der Waals surface area contributed by atoms with Crippen molar-refractivity contribution in [3.8, 4) is 0 Å². The van der Waals surface area contributed by atoms with Gasteiger partial charge in [-0.15, -0.1) is 0 Å². The number of nitrogens with two attached hydrogens (primary N) is 1. The van der Waals surface area contributed by atoms with Crippen LogP contribution < -0.4 is 11.1 Å². The highest BCUT2D eigenvalue weighted by atomic mass is 35.5. The maximum Gasteiger partial charge on any atom is 0.250 e. The van der Waals surface area contributed by atoms with Crippen LogP contribution in [0.3, 0.4) is 0 Å². The summed E-state index contributed by atoms with van der Waals surface area (Å²) in [7, 11) is 0. The van der Waals surface area contributed by atoms with Gasteiger partial charge in [-0.25, -0.2) is 0 Å². The smallest absolute Gasteiger partial charge is 0.250 e. The predicted octanol–water partition coefficient (Wildman–Crippen LogP) is 2.96. The number of anilines is 1. The van der Waals surface area contributed by atoms with E-state index in [4.69, 9.17) is 17.3 Å². The second-order valence-electron chi connectivity index (χ2n) is 4.06. The molecule has 0 saturated heterocycles. The highest BCUT2D eigenvalue weighted by molar-refractivity contribution is 6.34. The van der Waals surface area contributed by atoms with Gasteiger partial charge in [-0.2, -0.15) is 0 Å². The first kappa shape index (κ1) is 14.5. The van der Waals surface area contributed by atoms with E-state index in [1.807, 2.05) is 0 Å². The Labute approximate surface area is 112 Å². The quantitative estimate of drug-likeness (QED) is 0.779. The molecule has 0 atom stereocenters. The minimum absolute atomic E-state index is 0.0497. The van der Waals surface area contributed by atoms with Crippen LogP contribution in [-0.4, -0.2) is 11.8 Å². The van der Waals surface area contributed by atoms with Gasteiger partial charge in [0.05, 0.1) is 10.6 Å². The standard InChI is InChI=1S/C13H17ClN2O2/c1-2-3-4-5-12(17)16-9-6-7-10(13(15)18)11(14)8-9/h6-8H,2-5H2,1H3,(H2,15,18)(H,16,17). The number of primary amides is 1. The van der Waals surface area contributed by atoms with Crippen LogP contribution in [0.25, 0.3) is 0 Å². The van der Waals surface area contributed by atoms with Crippen molar-refractivity contribution in [2.75, 3.05) is 5.32 Å². The highest BCUT2D eigenvalue weighted by Gasteiger charge is 2.08.